The molecule has 2 heterocycles. The zero-order chi connectivity index (χ0) is 16.8. The van der Waals surface area contributed by atoms with Crippen LogP contribution >= 0.6 is 0 Å². The van der Waals surface area contributed by atoms with Crippen molar-refractivity contribution in [3.8, 4) is 6.07 Å². The Labute approximate surface area is 138 Å². The zero-order valence-corrected chi connectivity index (χ0v) is 12.6. The number of aromatic nitrogens is 2. The van der Waals surface area contributed by atoms with Gasteiger partial charge in [-0.05, 0) is 30.3 Å². The van der Waals surface area contributed by atoms with Crippen molar-refractivity contribution in [1.29, 1.82) is 5.26 Å². The van der Waals surface area contributed by atoms with Gasteiger partial charge in [0.05, 0.1) is 30.0 Å². The monoisotopic (exact) mass is 319 g/mol. The predicted molar refractivity (Wildman–Crippen MR) is 87.2 cm³/mol. The Bertz CT molecular complexity index is 867. The molecule has 0 radical (unpaired) electrons. The molecule has 3 rings (SSSR count). The number of rotatable bonds is 5. The summed E-state index contributed by atoms with van der Waals surface area (Å²) in [6, 6.07) is 12.3. The molecule has 3 aromatic rings. The predicted octanol–water partition coefficient (Wildman–Crippen LogP) is 2.81. The number of nitrogens with one attached hydrogen (secondary N) is 2. The Kier molecular flexibility index (Phi) is 4.49. The number of amides is 1. The molecular weight excluding hydrogens is 306 g/mol. The summed E-state index contributed by atoms with van der Waals surface area (Å²) < 4.78 is 5.20. The van der Waals surface area contributed by atoms with Gasteiger partial charge < -0.3 is 15.1 Å². The van der Waals surface area contributed by atoms with Gasteiger partial charge in [-0.2, -0.15) is 5.26 Å². The van der Waals surface area contributed by atoms with Crippen molar-refractivity contribution in [3.05, 3.63) is 71.9 Å². The van der Waals surface area contributed by atoms with Gasteiger partial charge in [-0.1, -0.05) is 6.07 Å². The molecule has 24 heavy (non-hydrogen) atoms. The third-order valence-electron chi connectivity index (χ3n) is 3.16. The van der Waals surface area contributed by atoms with Gasteiger partial charge in [-0.3, -0.25) is 4.79 Å². The smallest absolute Gasteiger partial charge is 0.258 e. The molecule has 0 saturated heterocycles. The Hall–Kier alpha value is -3.66. The number of furan rings is 1. The van der Waals surface area contributed by atoms with Gasteiger partial charge in [0.1, 0.15) is 5.76 Å². The van der Waals surface area contributed by atoms with E-state index in [9.17, 15) is 4.79 Å². The van der Waals surface area contributed by atoms with E-state index in [1.165, 1.54) is 12.4 Å². The summed E-state index contributed by atoms with van der Waals surface area (Å²) in [6.45, 7) is 0.458. The summed E-state index contributed by atoms with van der Waals surface area (Å²) in [6.07, 6.45) is 4.45. The molecule has 2 N–H and O–H groups in total. The number of nitrogens with zero attached hydrogens (tertiary/aromatic N) is 3. The van der Waals surface area contributed by atoms with E-state index in [1.54, 1.807) is 36.6 Å². The lowest BCUT2D eigenvalue weighted by Gasteiger charge is -2.06. The highest BCUT2D eigenvalue weighted by Gasteiger charge is 2.08. The molecule has 0 atom stereocenters. The van der Waals surface area contributed by atoms with E-state index in [2.05, 4.69) is 20.6 Å². The number of nitriles is 1. The molecule has 0 saturated carbocycles. The van der Waals surface area contributed by atoms with Crippen molar-refractivity contribution in [2.75, 3.05) is 10.6 Å². The van der Waals surface area contributed by atoms with Crippen molar-refractivity contribution < 1.29 is 9.21 Å². The fraction of sp³-hybridized carbons (Fsp3) is 0.0588. The second-order valence-electron chi connectivity index (χ2n) is 4.87. The largest absolute Gasteiger partial charge is 0.467 e. The first kappa shape index (κ1) is 15.2. The lowest BCUT2D eigenvalue weighted by atomic mass is 10.2. The zero-order valence-electron chi connectivity index (χ0n) is 12.6. The summed E-state index contributed by atoms with van der Waals surface area (Å²) in [5.41, 5.74) is 1.33. The fourth-order valence-electron chi connectivity index (χ4n) is 1.99. The van der Waals surface area contributed by atoms with Crippen LogP contribution in [0.2, 0.25) is 0 Å². The summed E-state index contributed by atoms with van der Waals surface area (Å²) in [5.74, 6) is 0.815. The van der Waals surface area contributed by atoms with E-state index in [0.717, 1.165) is 5.76 Å². The maximum Gasteiger partial charge on any atom is 0.258 e. The van der Waals surface area contributed by atoms with Crippen molar-refractivity contribution in [2.45, 2.75) is 6.54 Å². The maximum atomic E-state index is 12.2. The topological polar surface area (TPSA) is 104 Å². The van der Waals surface area contributed by atoms with E-state index < -0.39 is 0 Å². The van der Waals surface area contributed by atoms with Gasteiger partial charge in [-0.15, -0.1) is 0 Å². The van der Waals surface area contributed by atoms with Crippen molar-refractivity contribution in [3.63, 3.8) is 0 Å². The third-order valence-corrected chi connectivity index (χ3v) is 3.16. The lowest BCUT2D eigenvalue weighted by Crippen LogP contribution is -2.13. The quantitative estimate of drug-likeness (QED) is 0.749. The highest BCUT2D eigenvalue weighted by Crippen LogP contribution is 2.12. The van der Waals surface area contributed by atoms with Crippen molar-refractivity contribution in [1.82, 2.24) is 9.97 Å². The van der Waals surface area contributed by atoms with Gasteiger partial charge in [-0.25, -0.2) is 9.97 Å². The molecule has 118 valence electrons. The van der Waals surface area contributed by atoms with Crippen LogP contribution in [0.5, 0.6) is 0 Å². The average molecular weight is 319 g/mol. The van der Waals surface area contributed by atoms with Crippen LogP contribution < -0.4 is 10.6 Å². The summed E-state index contributed by atoms with van der Waals surface area (Å²) in [4.78, 5) is 20.4. The van der Waals surface area contributed by atoms with E-state index >= 15 is 0 Å². The van der Waals surface area contributed by atoms with Crippen LogP contribution in [0.3, 0.4) is 0 Å². The van der Waals surface area contributed by atoms with Crippen molar-refractivity contribution in [2.24, 2.45) is 0 Å². The number of carbonyl (C=O) groups excluding carboxylic acids is 1. The van der Waals surface area contributed by atoms with Crippen LogP contribution in [0.1, 0.15) is 21.7 Å². The molecule has 0 spiro atoms. The summed E-state index contributed by atoms with van der Waals surface area (Å²) in [7, 11) is 0. The standard InChI is InChI=1S/C17H13N5O2/c18-8-12-3-1-4-14(7-12)22-16(23)13-9-19-17(20-10-13)21-11-15-5-2-6-24-15/h1-7,9-10H,11H2,(H,22,23)(H,19,20,21). The average Bonchev–Trinajstić information content (AvgIpc) is 3.14. The summed E-state index contributed by atoms with van der Waals surface area (Å²) in [5, 5.41) is 14.6. The van der Waals surface area contributed by atoms with Gasteiger partial charge in [0.25, 0.3) is 5.91 Å². The molecule has 0 aliphatic heterocycles. The van der Waals surface area contributed by atoms with Crippen LogP contribution in [0.4, 0.5) is 11.6 Å². The normalized spacial score (nSPS) is 9.96. The SMILES string of the molecule is N#Cc1cccc(NC(=O)c2cnc(NCc3ccco3)nc2)c1. The summed E-state index contributed by atoms with van der Waals surface area (Å²) >= 11 is 0. The fourth-order valence-corrected chi connectivity index (χ4v) is 1.99. The molecule has 2 aromatic heterocycles. The van der Waals surface area contributed by atoms with E-state index in [1.807, 2.05) is 12.1 Å². The molecule has 7 heteroatoms. The van der Waals surface area contributed by atoms with Gasteiger partial charge in [0.2, 0.25) is 5.95 Å². The molecule has 0 unspecified atom stereocenters. The number of benzene rings is 1. The van der Waals surface area contributed by atoms with E-state index in [-0.39, 0.29) is 5.91 Å². The molecule has 0 aliphatic rings. The second-order valence-corrected chi connectivity index (χ2v) is 4.87. The first-order chi connectivity index (χ1) is 11.7. The van der Waals surface area contributed by atoms with Crippen LogP contribution in [0.25, 0.3) is 0 Å². The van der Waals surface area contributed by atoms with Gasteiger partial charge in [0.15, 0.2) is 0 Å². The molecule has 0 bridgehead atoms. The number of hydrogen-bond donors (Lipinski definition) is 2. The molecule has 0 aliphatic carbocycles. The molecule has 7 nitrogen and oxygen atoms in total. The van der Waals surface area contributed by atoms with Crippen LogP contribution in [-0.4, -0.2) is 15.9 Å². The third kappa shape index (κ3) is 3.75. The second kappa shape index (κ2) is 7.07. The molecule has 1 amide bonds. The Morgan fingerprint density at radius 3 is 2.75 bits per heavy atom. The van der Waals surface area contributed by atoms with Gasteiger partial charge in [0, 0.05) is 18.1 Å². The molecule has 0 fully saturated rings. The van der Waals surface area contributed by atoms with Crippen molar-refractivity contribution >= 4 is 17.5 Å². The molecule has 1 aromatic carbocycles. The Morgan fingerprint density at radius 1 is 1.21 bits per heavy atom. The Morgan fingerprint density at radius 2 is 2.04 bits per heavy atom. The highest BCUT2D eigenvalue weighted by atomic mass is 16.3. The lowest BCUT2D eigenvalue weighted by molar-refractivity contribution is 0.102. The van der Waals surface area contributed by atoms with E-state index in [4.69, 9.17) is 9.68 Å². The van der Waals surface area contributed by atoms with E-state index in [0.29, 0.717) is 29.3 Å². The molecular formula is C17H13N5O2. The maximum absolute atomic E-state index is 12.2. The number of hydrogen-bond acceptors (Lipinski definition) is 6. The van der Waals surface area contributed by atoms with Crippen LogP contribution in [0.15, 0.2) is 59.5 Å². The number of anilines is 2. The van der Waals surface area contributed by atoms with Crippen LogP contribution in [-0.2, 0) is 6.54 Å². The minimum Gasteiger partial charge on any atom is -0.467 e. The first-order valence-electron chi connectivity index (χ1n) is 7.14. The van der Waals surface area contributed by atoms with Crippen LogP contribution in [0, 0.1) is 11.3 Å². The first-order valence-corrected chi connectivity index (χ1v) is 7.14. The minimum atomic E-state index is -0.345. The number of carbonyl (C=O) groups is 1. The highest BCUT2D eigenvalue weighted by molar-refractivity contribution is 6.03. The Balaban J connectivity index is 1.62. The minimum absolute atomic E-state index is 0.320. The van der Waals surface area contributed by atoms with Gasteiger partial charge >= 0.3 is 0 Å².